The Bertz CT molecular complexity index is 1130. The van der Waals surface area contributed by atoms with Crippen molar-refractivity contribution >= 4 is 22.8 Å². The molecule has 7 heteroatoms. The number of hydrogen-bond donors (Lipinski definition) is 2. The summed E-state index contributed by atoms with van der Waals surface area (Å²) < 4.78 is 0. The third-order valence-corrected chi connectivity index (χ3v) is 6.71. The summed E-state index contributed by atoms with van der Waals surface area (Å²) >= 11 is 0. The van der Waals surface area contributed by atoms with Crippen LogP contribution in [0.3, 0.4) is 0 Å². The van der Waals surface area contributed by atoms with E-state index in [0.29, 0.717) is 0 Å². The average Bonchev–Trinajstić information content (AvgIpc) is 2.85. The van der Waals surface area contributed by atoms with Crippen LogP contribution in [0, 0.1) is 6.92 Å². The van der Waals surface area contributed by atoms with Gasteiger partial charge < -0.3 is 16.0 Å². The molecule has 0 saturated carbocycles. The molecule has 186 valence electrons. The first kappa shape index (κ1) is 25.1. The third kappa shape index (κ3) is 6.78. The van der Waals surface area contributed by atoms with Crippen molar-refractivity contribution in [3.63, 3.8) is 0 Å². The van der Waals surface area contributed by atoms with Crippen LogP contribution in [-0.2, 0) is 13.1 Å². The van der Waals surface area contributed by atoms with Crippen molar-refractivity contribution in [1.82, 2.24) is 24.7 Å². The van der Waals surface area contributed by atoms with Crippen LogP contribution in [0.2, 0.25) is 0 Å². The van der Waals surface area contributed by atoms with E-state index >= 15 is 0 Å². The monoisotopic (exact) mass is 473 g/mol. The van der Waals surface area contributed by atoms with E-state index in [0.717, 1.165) is 81.3 Å². The highest BCUT2D eigenvalue weighted by atomic mass is 15.3. The minimum absolute atomic E-state index is 0.779. The fourth-order valence-corrected chi connectivity index (χ4v) is 4.64. The Morgan fingerprint density at radius 3 is 2.46 bits per heavy atom. The molecule has 7 nitrogen and oxygen atoms in total. The van der Waals surface area contributed by atoms with Crippen molar-refractivity contribution in [3.8, 4) is 0 Å². The molecule has 1 saturated heterocycles. The number of anilines is 1. The largest absolute Gasteiger partial charge is 0.405 e. The summed E-state index contributed by atoms with van der Waals surface area (Å²) in [5, 5.41) is 4.65. The highest BCUT2D eigenvalue weighted by molar-refractivity contribution is 5.88. The van der Waals surface area contributed by atoms with E-state index in [1.807, 2.05) is 12.1 Å². The number of nitrogens with one attached hydrogen (secondary N) is 1. The molecule has 0 unspecified atom stereocenters. The van der Waals surface area contributed by atoms with Gasteiger partial charge in [-0.1, -0.05) is 30.3 Å². The van der Waals surface area contributed by atoms with Crippen LogP contribution in [0.4, 0.5) is 5.82 Å². The Kier molecular flexibility index (Phi) is 8.69. The topological polar surface area (TPSA) is 73.6 Å². The Balaban J connectivity index is 1.37. The zero-order valence-electron chi connectivity index (χ0n) is 21.4. The summed E-state index contributed by atoms with van der Waals surface area (Å²) in [6.07, 6.45) is 4.67. The number of piperazine rings is 1. The van der Waals surface area contributed by atoms with Gasteiger partial charge in [-0.3, -0.25) is 9.80 Å². The van der Waals surface area contributed by atoms with Crippen LogP contribution in [-0.4, -0.2) is 78.0 Å². The van der Waals surface area contributed by atoms with Crippen LogP contribution in [0.25, 0.3) is 17.0 Å². The lowest BCUT2D eigenvalue weighted by molar-refractivity contribution is 0.120. The lowest BCUT2D eigenvalue weighted by atomic mass is 10.0. The molecule has 4 rings (SSSR count). The number of para-hydroxylation sites is 1. The maximum Gasteiger partial charge on any atom is 0.145 e. The third-order valence-electron chi connectivity index (χ3n) is 6.71. The maximum absolute atomic E-state index is 5.61. The average molecular weight is 474 g/mol. The molecule has 1 aliphatic rings. The number of aromatic nitrogens is 2. The fraction of sp³-hybridized carbons (Fsp3) is 0.429. The van der Waals surface area contributed by atoms with Gasteiger partial charge >= 0.3 is 0 Å². The van der Waals surface area contributed by atoms with Crippen LogP contribution < -0.4 is 11.1 Å². The molecule has 0 atom stereocenters. The van der Waals surface area contributed by atoms with E-state index in [9.17, 15) is 0 Å². The van der Waals surface area contributed by atoms with Crippen molar-refractivity contribution < 1.29 is 0 Å². The summed E-state index contributed by atoms with van der Waals surface area (Å²) in [5.74, 6) is 1.84. The second-order valence-electron chi connectivity index (χ2n) is 9.63. The van der Waals surface area contributed by atoms with Crippen molar-refractivity contribution in [1.29, 1.82) is 0 Å². The van der Waals surface area contributed by atoms with Crippen molar-refractivity contribution in [2.24, 2.45) is 5.73 Å². The van der Waals surface area contributed by atoms with Crippen LogP contribution in [0.1, 0.15) is 28.9 Å². The van der Waals surface area contributed by atoms with Gasteiger partial charge in [0.25, 0.3) is 0 Å². The number of nitrogens with two attached hydrogens (primary N) is 1. The molecule has 0 bridgehead atoms. The van der Waals surface area contributed by atoms with E-state index in [4.69, 9.17) is 15.7 Å². The second kappa shape index (κ2) is 12.1. The summed E-state index contributed by atoms with van der Waals surface area (Å²) in [6.45, 7) is 10.0. The Hall–Kier alpha value is -3.00. The Labute approximate surface area is 209 Å². The van der Waals surface area contributed by atoms with Gasteiger partial charge in [-0.25, -0.2) is 9.97 Å². The summed E-state index contributed by atoms with van der Waals surface area (Å²) in [6, 6.07) is 14.8. The lowest BCUT2D eigenvalue weighted by Gasteiger charge is -2.34. The number of fused-ring (bicyclic) bond motifs is 1. The molecule has 2 aromatic carbocycles. The SMILES string of the molecule is Cc1c(/C=C\N)cccc1CN1CCN(Cc2nc(NCCCN(C)C)c3ccccc3n2)CC1. The standard InChI is InChI=1S/C28H39N7/c1-22-23(12-13-29)8-6-9-24(22)20-34-16-18-35(19-17-34)21-27-31-26-11-5-4-10-25(26)28(32-27)30-14-7-15-33(2)3/h4-6,8-13H,7,14-21,29H2,1-3H3,(H,30,31,32)/b13-12-. The van der Waals surface area contributed by atoms with Crippen LogP contribution in [0.15, 0.2) is 48.7 Å². The van der Waals surface area contributed by atoms with Gasteiger partial charge in [-0.15, -0.1) is 0 Å². The van der Waals surface area contributed by atoms with Crippen molar-refractivity contribution in [2.45, 2.75) is 26.4 Å². The zero-order valence-corrected chi connectivity index (χ0v) is 21.4. The van der Waals surface area contributed by atoms with E-state index in [-0.39, 0.29) is 0 Å². The molecule has 1 aliphatic heterocycles. The lowest BCUT2D eigenvalue weighted by Crippen LogP contribution is -2.45. The minimum atomic E-state index is 0.779. The molecular weight excluding hydrogens is 434 g/mol. The van der Waals surface area contributed by atoms with Crippen molar-refractivity contribution in [2.75, 3.05) is 58.7 Å². The van der Waals surface area contributed by atoms with Gasteiger partial charge in [0.15, 0.2) is 0 Å². The van der Waals surface area contributed by atoms with E-state index in [2.05, 4.69) is 77.4 Å². The quantitative estimate of drug-likeness (QED) is 0.436. The van der Waals surface area contributed by atoms with E-state index in [1.165, 1.54) is 16.7 Å². The maximum atomic E-state index is 5.61. The van der Waals surface area contributed by atoms with Gasteiger partial charge in [0, 0.05) is 44.7 Å². The molecular formula is C28H39N7. The van der Waals surface area contributed by atoms with Gasteiger partial charge in [0.2, 0.25) is 0 Å². The van der Waals surface area contributed by atoms with Crippen LogP contribution >= 0.6 is 0 Å². The first-order valence-corrected chi connectivity index (χ1v) is 12.6. The Morgan fingerprint density at radius 1 is 0.971 bits per heavy atom. The first-order chi connectivity index (χ1) is 17.0. The van der Waals surface area contributed by atoms with Crippen LogP contribution in [0.5, 0.6) is 0 Å². The number of rotatable bonds is 10. The Morgan fingerprint density at radius 2 is 1.71 bits per heavy atom. The zero-order chi connectivity index (χ0) is 24.6. The number of benzene rings is 2. The molecule has 0 aliphatic carbocycles. The molecule has 1 aromatic heterocycles. The highest BCUT2D eigenvalue weighted by Gasteiger charge is 2.19. The first-order valence-electron chi connectivity index (χ1n) is 12.6. The predicted octanol–water partition coefficient (Wildman–Crippen LogP) is 3.55. The fourth-order valence-electron chi connectivity index (χ4n) is 4.64. The summed E-state index contributed by atoms with van der Waals surface area (Å²) in [7, 11) is 4.21. The van der Waals surface area contributed by atoms with Gasteiger partial charge in [-0.05, 0) is 75.1 Å². The van der Waals surface area contributed by atoms with Gasteiger partial charge in [0.05, 0.1) is 12.1 Å². The summed E-state index contributed by atoms with van der Waals surface area (Å²) in [5.41, 5.74) is 10.5. The predicted molar refractivity (Wildman–Crippen MR) is 146 cm³/mol. The molecule has 3 N–H and O–H groups in total. The summed E-state index contributed by atoms with van der Waals surface area (Å²) in [4.78, 5) is 17.0. The molecule has 2 heterocycles. The van der Waals surface area contributed by atoms with E-state index < -0.39 is 0 Å². The molecule has 3 aromatic rings. The molecule has 35 heavy (non-hydrogen) atoms. The molecule has 0 amide bonds. The highest BCUT2D eigenvalue weighted by Crippen LogP contribution is 2.22. The second-order valence-corrected chi connectivity index (χ2v) is 9.63. The molecule has 1 fully saturated rings. The molecule has 0 radical (unpaired) electrons. The molecule has 0 spiro atoms. The van der Waals surface area contributed by atoms with E-state index in [1.54, 1.807) is 6.20 Å². The van der Waals surface area contributed by atoms with Crippen molar-refractivity contribution in [3.05, 3.63) is 71.2 Å². The number of nitrogens with zero attached hydrogens (tertiary/aromatic N) is 5. The minimum Gasteiger partial charge on any atom is -0.405 e. The van der Waals surface area contributed by atoms with Gasteiger partial charge in [-0.2, -0.15) is 0 Å². The van der Waals surface area contributed by atoms with Gasteiger partial charge in [0.1, 0.15) is 11.6 Å². The normalized spacial score (nSPS) is 15.4. The smallest absolute Gasteiger partial charge is 0.145 e. The number of hydrogen-bond acceptors (Lipinski definition) is 7.